The van der Waals surface area contributed by atoms with Crippen LogP contribution in [0, 0.1) is 18.8 Å². The molecule has 8 aromatic rings. The second kappa shape index (κ2) is 16.2. The molecule has 310 valence electrons. The van der Waals surface area contributed by atoms with Gasteiger partial charge in [0, 0.05) is 50.0 Å². The van der Waals surface area contributed by atoms with Gasteiger partial charge in [-0.1, -0.05) is 151 Å². The largest absolute Gasteiger partial charge is 0.509 e. The predicted molar refractivity (Wildman–Crippen MR) is 249 cm³/mol. The molecule has 0 unspecified atom stereocenters. The molecule has 0 fully saturated rings. The molecule has 0 spiro atoms. The van der Waals surface area contributed by atoms with Crippen LogP contribution in [0.2, 0.25) is 0 Å². The van der Waals surface area contributed by atoms with Crippen molar-refractivity contribution in [1.29, 1.82) is 0 Å². The Morgan fingerprint density at radius 2 is 1.26 bits per heavy atom. The van der Waals surface area contributed by atoms with E-state index in [0.717, 1.165) is 44.6 Å². The van der Waals surface area contributed by atoms with Gasteiger partial charge in [0.05, 0.1) is 0 Å². The molecule has 61 heavy (non-hydrogen) atoms. The molecular weight excluding hydrogens is 928 g/mol. The minimum Gasteiger partial charge on any atom is -0.509 e. The van der Waals surface area contributed by atoms with E-state index in [1.807, 2.05) is 18.3 Å². The molecule has 0 radical (unpaired) electrons. The first-order valence-corrected chi connectivity index (χ1v) is 20.8. The molecule has 3 heterocycles. The smallest absolute Gasteiger partial charge is 0.135 e. The molecular formula is C55H51N4OPt-3. The summed E-state index contributed by atoms with van der Waals surface area (Å²) in [7, 11) is 0. The van der Waals surface area contributed by atoms with Crippen LogP contribution in [0.15, 0.2) is 158 Å². The molecule has 0 N–H and O–H groups in total. The number of hydrogen-bond donors (Lipinski definition) is 0. The zero-order chi connectivity index (χ0) is 41.8. The summed E-state index contributed by atoms with van der Waals surface area (Å²) in [5.41, 5.74) is 10.8. The maximum atomic E-state index is 6.83. The molecule has 6 heteroatoms. The molecule has 9 rings (SSSR count). The van der Waals surface area contributed by atoms with Gasteiger partial charge in [0.1, 0.15) is 5.82 Å². The molecule has 2 aromatic heterocycles. The fourth-order valence-corrected chi connectivity index (χ4v) is 8.20. The fourth-order valence-electron chi connectivity index (χ4n) is 8.20. The van der Waals surface area contributed by atoms with Gasteiger partial charge in [-0.15, -0.1) is 48.3 Å². The third-order valence-electron chi connectivity index (χ3n) is 11.7. The molecule has 0 atom stereocenters. The SMILES string of the molecule is CC(C)(C)c1cc(-c2ccccc2)cc(N2C=CN(c3[c-]c(Oc4[c-]c5c(c(C(C)(C)c6ccccc6)c4)c4ccccc4n5-c4cc(C(C)(C)C)ccn4)ccc3)[CH-]2)c1.[Pt]. The number of benzene rings is 6. The molecule has 6 aromatic carbocycles. The summed E-state index contributed by atoms with van der Waals surface area (Å²) in [5.74, 6) is 2.06. The Balaban J connectivity index is 0.00000514. The average molecular weight is 979 g/mol. The number of pyridine rings is 1. The van der Waals surface area contributed by atoms with E-state index in [4.69, 9.17) is 9.72 Å². The Kier molecular flexibility index (Phi) is 11.1. The van der Waals surface area contributed by atoms with E-state index in [1.165, 1.54) is 27.8 Å². The van der Waals surface area contributed by atoms with Crippen molar-refractivity contribution in [3.63, 3.8) is 0 Å². The van der Waals surface area contributed by atoms with E-state index in [1.54, 1.807) is 0 Å². The average Bonchev–Trinajstić information content (AvgIpc) is 3.87. The maximum Gasteiger partial charge on any atom is 0.135 e. The molecule has 0 aliphatic carbocycles. The molecule has 0 bridgehead atoms. The summed E-state index contributed by atoms with van der Waals surface area (Å²) in [6.07, 6.45) is 6.08. The van der Waals surface area contributed by atoms with Gasteiger partial charge in [-0.25, -0.2) is 4.98 Å². The van der Waals surface area contributed by atoms with E-state index in [0.29, 0.717) is 11.5 Å². The summed E-state index contributed by atoms with van der Waals surface area (Å²) in [4.78, 5) is 9.21. The second-order valence-corrected chi connectivity index (χ2v) is 18.4. The minimum atomic E-state index is -0.378. The van der Waals surface area contributed by atoms with Crippen LogP contribution in [0.25, 0.3) is 38.8 Å². The van der Waals surface area contributed by atoms with Crippen molar-refractivity contribution in [1.82, 2.24) is 9.55 Å². The van der Waals surface area contributed by atoms with Crippen molar-refractivity contribution in [3.05, 3.63) is 199 Å². The Hall–Kier alpha value is -5.90. The number of para-hydroxylation sites is 1. The summed E-state index contributed by atoms with van der Waals surface area (Å²) in [6, 6.07) is 56.6. The summed E-state index contributed by atoms with van der Waals surface area (Å²) in [6.45, 7) is 20.2. The van der Waals surface area contributed by atoms with Crippen LogP contribution in [-0.4, -0.2) is 9.55 Å². The van der Waals surface area contributed by atoms with E-state index in [2.05, 4.69) is 228 Å². The first-order chi connectivity index (χ1) is 28.7. The maximum absolute atomic E-state index is 6.83. The number of aromatic nitrogens is 2. The minimum absolute atomic E-state index is 0. The summed E-state index contributed by atoms with van der Waals surface area (Å²) < 4.78 is 9.07. The van der Waals surface area contributed by atoms with Gasteiger partial charge in [0.2, 0.25) is 0 Å². The van der Waals surface area contributed by atoms with Gasteiger partial charge >= 0.3 is 0 Å². The molecule has 0 saturated heterocycles. The van der Waals surface area contributed by atoms with E-state index >= 15 is 0 Å². The van der Waals surface area contributed by atoms with Crippen molar-refractivity contribution >= 4 is 33.2 Å². The monoisotopic (exact) mass is 978 g/mol. The van der Waals surface area contributed by atoms with Gasteiger partial charge in [-0.2, -0.15) is 6.07 Å². The van der Waals surface area contributed by atoms with Crippen LogP contribution >= 0.6 is 0 Å². The van der Waals surface area contributed by atoms with Crippen LogP contribution in [0.3, 0.4) is 0 Å². The zero-order valence-electron chi connectivity index (χ0n) is 36.1. The van der Waals surface area contributed by atoms with E-state index in [-0.39, 0.29) is 37.3 Å². The van der Waals surface area contributed by atoms with Gasteiger partial charge in [-0.3, -0.25) is 0 Å². The Labute approximate surface area is 375 Å². The summed E-state index contributed by atoms with van der Waals surface area (Å²) >= 11 is 0. The number of anilines is 2. The first-order valence-electron chi connectivity index (χ1n) is 20.8. The number of rotatable bonds is 8. The van der Waals surface area contributed by atoms with Gasteiger partial charge < -0.3 is 19.1 Å². The Bertz CT molecular complexity index is 2880. The third kappa shape index (κ3) is 8.17. The standard InChI is InChI=1S/C55H51N4O.Pt/c1-53(2,3)41-26-27-56-51(33-41)59-49-25-16-15-24-47(49)52-48(55(7,8)40-20-13-10-14-21-40)35-46(36-50(52)59)60-45-23-17-22-43(34-45)57-28-29-58(37-57)44-31-39(38-18-11-9-12-19-38)30-42(32-44)54(4,5)6;/h9-33,35,37H,1-8H3;/q-3;. The normalized spacial score (nSPS) is 13.2. The Morgan fingerprint density at radius 3 is 2.00 bits per heavy atom. The Morgan fingerprint density at radius 1 is 0.574 bits per heavy atom. The molecule has 0 saturated carbocycles. The third-order valence-corrected chi connectivity index (χ3v) is 11.7. The molecule has 5 nitrogen and oxygen atoms in total. The fraction of sp³-hybridized carbons (Fsp3) is 0.200. The molecule has 1 aliphatic heterocycles. The quantitative estimate of drug-likeness (QED) is 0.142. The topological polar surface area (TPSA) is 33.5 Å². The van der Waals surface area contributed by atoms with Crippen molar-refractivity contribution in [2.75, 3.05) is 9.80 Å². The molecule has 1 aliphatic rings. The van der Waals surface area contributed by atoms with Gasteiger partial charge in [0.25, 0.3) is 0 Å². The van der Waals surface area contributed by atoms with Crippen LogP contribution in [-0.2, 0) is 37.3 Å². The zero-order valence-corrected chi connectivity index (χ0v) is 38.4. The van der Waals surface area contributed by atoms with E-state index in [9.17, 15) is 0 Å². The van der Waals surface area contributed by atoms with Crippen LogP contribution in [0.1, 0.15) is 77.6 Å². The van der Waals surface area contributed by atoms with Crippen LogP contribution in [0.5, 0.6) is 11.5 Å². The van der Waals surface area contributed by atoms with Crippen LogP contribution < -0.4 is 14.5 Å². The molecule has 0 amide bonds. The second-order valence-electron chi connectivity index (χ2n) is 18.4. The van der Waals surface area contributed by atoms with Crippen molar-refractivity contribution < 1.29 is 25.8 Å². The number of fused-ring (bicyclic) bond motifs is 3. The van der Waals surface area contributed by atoms with Gasteiger partial charge in [0.15, 0.2) is 0 Å². The van der Waals surface area contributed by atoms with E-state index < -0.39 is 0 Å². The van der Waals surface area contributed by atoms with Gasteiger partial charge in [-0.05, 0) is 92.2 Å². The number of hydrogen-bond acceptors (Lipinski definition) is 4. The predicted octanol–water partition coefficient (Wildman–Crippen LogP) is 14.1. The first kappa shape index (κ1) is 41.8. The van der Waals surface area contributed by atoms with Crippen molar-refractivity contribution in [2.45, 2.75) is 71.6 Å². The van der Waals surface area contributed by atoms with Crippen LogP contribution in [0.4, 0.5) is 11.4 Å². The number of ether oxygens (including phenoxy) is 1. The number of nitrogens with zero attached hydrogens (tertiary/aromatic N) is 4. The van der Waals surface area contributed by atoms with Crippen molar-refractivity contribution in [3.8, 4) is 28.4 Å². The van der Waals surface area contributed by atoms with Crippen molar-refractivity contribution in [2.24, 2.45) is 0 Å². The summed E-state index contributed by atoms with van der Waals surface area (Å²) in [5, 5.41) is 2.28.